The Morgan fingerprint density at radius 1 is 1.60 bits per heavy atom. The number of thiophene rings is 1. The number of carbonyl (C=O) groups excluding carboxylic acids is 1. The topological polar surface area (TPSA) is 45.8 Å². The van der Waals surface area contributed by atoms with Crippen molar-refractivity contribution >= 4 is 28.9 Å². The molecule has 15 heavy (non-hydrogen) atoms. The van der Waals surface area contributed by atoms with Gasteiger partial charge in [0.05, 0.1) is 10.6 Å². The number of nitrogens with one attached hydrogen (secondary N) is 1. The maximum Gasteiger partial charge on any atom is 0.183 e. The normalized spacial score (nSPS) is 10.5. The van der Waals surface area contributed by atoms with E-state index in [0.29, 0.717) is 5.75 Å². The maximum absolute atomic E-state index is 11.7. The summed E-state index contributed by atoms with van der Waals surface area (Å²) < 4.78 is 0. The van der Waals surface area contributed by atoms with E-state index in [0.717, 1.165) is 10.0 Å². The number of imidazole rings is 1. The van der Waals surface area contributed by atoms with Gasteiger partial charge in [0.15, 0.2) is 10.9 Å². The summed E-state index contributed by atoms with van der Waals surface area (Å²) in [5.41, 5.74) is 0. The number of Topliss-reactive ketones (excluding diaryl/α,β-unsaturated/α-hetero) is 1. The second kappa shape index (κ2) is 4.63. The second-order valence-corrected chi connectivity index (χ2v) is 5.27. The SMILES string of the molecule is Cc1ccc(C(=O)CSc2ncc[nH]2)s1. The Hall–Kier alpha value is -1.07. The first-order chi connectivity index (χ1) is 7.25. The highest BCUT2D eigenvalue weighted by atomic mass is 32.2. The highest BCUT2D eigenvalue weighted by Gasteiger charge is 2.09. The lowest BCUT2D eigenvalue weighted by molar-refractivity contribution is 0.102. The fourth-order valence-electron chi connectivity index (χ4n) is 1.12. The number of hydrogen-bond donors (Lipinski definition) is 1. The van der Waals surface area contributed by atoms with Crippen LogP contribution < -0.4 is 0 Å². The van der Waals surface area contributed by atoms with Gasteiger partial charge in [-0.05, 0) is 19.1 Å². The Balaban J connectivity index is 1.93. The van der Waals surface area contributed by atoms with Gasteiger partial charge in [0, 0.05) is 17.3 Å². The predicted molar refractivity (Wildman–Crippen MR) is 62.7 cm³/mol. The van der Waals surface area contributed by atoms with Crippen molar-refractivity contribution < 1.29 is 4.79 Å². The first-order valence-corrected chi connectivity index (χ1v) is 6.28. The molecule has 0 bridgehead atoms. The molecule has 2 rings (SSSR count). The average molecular weight is 238 g/mol. The van der Waals surface area contributed by atoms with Crippen LogP contribution in [0.15, 0.2) is 29.7 Å². The molecule has 2 aromatic heterocycles. The molecule has 5 heteroatoms. The van der Waals surface area contributed by atoms with E-state index in [1.54, 1.807) is 12.4 Å². The number of carbonyl (C=O) groups is 1. The predicted octanol–water partition coefficient (Wildman–Crippen LogP) is 2.75. The third kappa shape index (κ3) is 2.70. The summed E-state index contributed by atoms with van der Waals surface area (Å²) in [7, 11) is 0. The molecule has 0 aliphatic rings. The van der Waals surface area contributed by atoms with Crippen LogP contribution in [0.3, 0.4) is 0 Å². The lowest BCUT2D eigenvalue weighted by Gasteiger charge is -1.95. The van der Waals surface area contributed by atoms with E-state index in [9.17, 15) is 4.79 Å². The minimum absolute atomic E-state index is 0.162. The van der Waals surface area contributed by atoms with Crippen LogP contribution in [-0.2, 0) is 0 Å². The number of aromatic nitrogens is 2. The largest absolute Gasteiger partial charge is 0.340 e. The molecule has 0 atom stereocenters. The number of hydrogen-bond acceptors (Lipinski definition) is 4. The smallest absolute Gasteiger partial charge is 0.183 e. The number of rotatable bonds is 4. The number of ketones is 1. The lowest BCUT2D eigenvalue weighted by Crippen LogP contribution is -1.99. The van der Waals surface area contributed by atoms with Crippen LogP contribution in [0.1, 0.15) is 14.5 Å². The molecule has 78 valence electrons. The second-order valence-electron chi connectivity index (χ2n) is 3.02. The van der Waals surface area contributed by atoms with Crippen molar-refractivity contribution in [2.24, 2.45) is 0 Å². The highest BCUT2D eigenvalue weighted by molar-refractivity contribution is 7.99. The first-order valence-electron chi connectivity index (χ1n) is 4.47. The van der Waals surface area contributed by atoms with Gasteiger partial charge in [-0.2, -0.15) is 0 Å². The summed E-state index contributed by atoms with van der Waals surface area (Å²) in [5.74, 6) is 0.600. The zero-order valence-electron chi connectivity index (χ0n) is 8.19. The summed E-state index contributed by atoms with van der Waals surface area (Å²) in [6.07, 6.45) is 3.43. The molecule has 0 radical (unpaired) electrons. The first kappa shape index (κ1) is 10.4. The van der Waals surface area contributed by atoms with Crippen molar-refractivity contribution in [1.29, 1.82) is 0 Å². The van der Waals surface area contributed by atoms with Crippen LogP contribution in [-0.4, -0.2) is 21.5 Å². The van der Waals surface area contributed by atoms with Gasteiger partial charge in [-0.1, -0.05) is 11.8 Å². The molecular weight excluding hydrogens is 228 g/mol. The molecule has 0 fully saturated rings. The van der Waals surface area contributed by atoms with Crippen LogP contribution in [0.4, 0.5) is 0 Å². The van der Waals surface area contributed by atoms with Crippen molar-refractivity contribution in [2.75, 3.05) is 5.75 Å². The summed E-state index contributed by atoms with van der Waals surface area (Å²) >= 11 is 2.97. The van der Waals surface area contributed by atoms with E-state index in [-0.39, 0.29) is 5.78 Å². The third-order valence-electron chi connectivity index (χ3n) is 1.83. The van der Waals surface area contributed by atoms with Gasteiger partial charge < -0.3 is 4.98 Å². The van der Waals surface area contributed by atoms with E-state index in [2.05, 4.69) is 9.97 Å². The van der Waals surface area contributed by atoms with E-state index >= 15 is 0 Å². The minimum Gasteiger partial charge on any atom is -0.340 e. The van der Waals surface area contributed by atoms with Crippen LogP contribution in [0, 0.1) is 6.92 Å². The molecule has 0 saturated heterocycles. The molecule has 0 spiro atoms. The molecule has 0 aromatic carbocycles. The van der Waals surface area contributed by atoms with E-state index < -0.39 is 0 Å². The fraction of sp³-hybridized carbons (Fsp3) is 0.200. The Bertz CT molecular complexity index is 448. The maximum atomic E-state index is 11.7. The van der Waals surface area contributed by atoms with E-state index in [1.807, 2.05) is 19.1 Å². The van der Waals surface area contributed by atoms with Crippen molar-refractivity contribution in [3.8, 4) is 0 Å². The molecule has 2 heterocycles. The molecule has 3 nitrogen and oxygen atoms in total. The van der Waals surface area contributed by atoms with Crippen molar-refractivity contribution in [1.82, 2.24) is 9.97 Å². The quantitative estimate of drug-likeness (QED) is 0.658. The number of thioether (sulfide) groups is 1. The van der Waals surface area contributed by atoms with Crippen molar-refractivity contribution in [2.45, 2.75) is 12.1 Å². The molecule has 0 saturated carbocycles. The monoisotopic (exact) mass is 238 g/mol. The van der Waals surface area contributed by atoms with Crippen LogP contribution in [0.2, 0.25) is 0 Å². The fourth-order valence-corrected chi connectivity index (χ4v) is 2.73. The van der Waals surface area contributed by atoms with Crippen molar-refractivity contribution in [3.63, 3.8) is 0 Å². The van der Waals surface area contributed by atoms with Gasteiger partial charge >= 0.3 is 0 Å². The summed E-state index contributed by atoms with van der Waals surface area (Å²) in [6.45, 7) is 2.00. The molecule has 0 unspecified atom stereocenters. The number of aryl methyl sites for hydroxylation is 1. The lowest BCUT2D eigenvalue weighted by atomic mass is 10.3. The van der Waals surface area contributed by atoms with Gasteiger partial charge in [0.25, 0.3) is 0 Å². The molecule has 0 aliphatic carbocycles. The van der Waals surface area contributed by atoms with Gasteiger partial charge in [0.2, 0.25) is 0 Å². The highest BCUT2D eigenvalue weighted by Crippen LogP contribution is 2.19. The Morgan fingerprint density at radius 2 is 2.47 bits per heavy atom. The minimum atomic E-state index is 0.162. The van der Waals surface area contributed by atoms with Crippen LogP contribution >= 0.6 is 23.1 Å². The summed E-state index contributed by atoms with van der Waals surface area (Å²) in [4.78, 5) is 20.7. The van der Waals surface area contributed by atoms with Gasteiger partial charge in [-0.15, -0.1) is 11.3 Å². The zero-order chi connectivity index (χ0) is 10.7. The molecular formula is C10H10N2OS2. The van der Waals surface area contributed by atoms with Crippen LogP contribution in [0.5, 0.6) is 0 Å². The summed E-state index contributed by atoms with van der Waals surface area (Å²) in [6, 6.07) is 3.85. The Kier molecular flexibility index (Phi) is 3.23. The van der Waals surface area contributed by atoms with Crippen molar-refractivity contribution in [3.05, 3.63) is 34.3 Å². The third-order valence-corrected chi connectivity index (χ3v) is 3.77. The van der Waals surface area contributed by atoms with E-state index in [1.165, 1.54) is 28.0 Å². The van der Waals surface area contributed by atoms with Gasteiger partial charge in [-0.3, -0.25) is 4.79 Å². The summed E-state index contributed by atoms with van der Waals surface area (Å²) in [5, 5.41) is 0.789. The molecule has 1 N–H and O–H groups in total. The molecule has 0 amide bonds. The van der Waals surface area contributed by atoms with Crippen LogP contribution in [0.25, 0.3) is 0 Å². The van der Waals surface area contributed by atoms with E-state index in [4.69, 9.17) is 0 Å². The molecule has 0 aliphatic heterocycles. The Labute approximate surface area is 95.9 Å². The molecule has 2 aromatic rings. The number of H-pyrrole nitrogens is 1. The number of nitrogens with zero attached hydrogens (tertiary/aromatic N) is 1. The van der Waals surface area contributed by atoms with Gasteiger partial charge in [0.1, 0.15) is 0 Å². The van der Waals surface area contributed by atoms with Gasteiger partial charge in [-0.25, -0.2) is 4.98 Å². The standard InChI is InChI=1S/C10H10N2OS2/c1-7-2-3-9(15-7)8(13)6-14-10-11-4-5-12-10/h2-5H,6H2,1H3,(H,11,12). The zero-order valence-corrected chi connectivity index (χ0v) is 9.82. The number of aromatic amines is 1. The average Bonchev–Trinajstić information content (AvgIpc) is 2.84. The Morgan fingerprint density at radius 3 is 3.07 bits per heavy atom.